The highest BCUT2D eigenvalue weighted by Crippen LogP contribution is 2.27. The van der Waals surface area contributed by atoms with Gasteiger partial charge in [0.1, 0.15) is 5.54 Å². The third-order valence-electron chi connectivity index (χ3n) is 4.47. The third-order valence-corrected chi connectivity index (χ3v) is 4.90. The highest BCUT2D eigenvalue weighted by atomic mass is 32.1. The van der Waals surface area contributed by atoms with E-state index < -0.39 is 5.54 Å². The molecular weight excluding hydrogens is 310 g/mol. The Hall–Kier alpha value is -1.91. The van der Waals surface area contributed by atoms with Gasteiger partial charge in [-0.15, -0.1) is 5.10 Å². The van der Waals surface area contributed by atoms with Gasteiger partial charge in [-0.3, -0.25) is 9.88 Å². The molecule has 2 aromatic heterocycles. The molecule has 7 heteroatoms. The summed E-state index contributed by atoms with van der Waals surface area (Å²) in [5.41, 5.74) is -0.451. The van der Waals surface area contributed by atoms with E-state index in [9.17, 15) is 5.26 Å². The van der Waals surface area contributed by atoms with Crippen LogP contribution in [0.25, 0.3) is 11.6 Å². The molecule has 23 heavy (non-hydrogen) atoms. The fraction of sp³-hybridized carbons (Fsp3) is 0.562. The first-order valence-electron chi connectivity index (χ1n) is 8.07. The molecule has 0 spiro atoms. The summed E-state index contributed by atoms with van der Waals surface area (Å²) in [7, 11) is 0. The lowest BCUT2D eigenvalue weighted by molar-refractivity contribution is 0.270. The van der Waals surface area contributed by atoms with Crippen LogP contribution in [-0.2, 0) is 13.2 Å². The van der Waals surface area contributed by atoms with Gasteiger partial charge in [-0.2, -0.15) is 5.26 Å². The minimum Gasteiger partial charge on any atom is -0.461 e. The largest absolute Gasteiger partial charge is 0.461 e. The van der Waals surface area contributed by atoms with Gasteiger partial charge in [0, 0.05) is 6.54 Å². The highest BCUT2D eigenvalue weighted by molar-refractivity contribution is 7.71. The molecule has 0 saturated heterocycles. The minimum absolute atomic E-state index is 0.438. The van der Waals surface area contributed by atoms with E-state index in [0.717, 1.165) is 38.1 Å². The summed E-state index contributed by atoms with van der Waals surface area (Å²) in [5.74, 6) is 1.42. The van der Waals surface area contributed by atoms with Crippen molar-refractivity contribution >= 4 is 12.2 Å². The Kier molecular flexibility index (Phi) is 4.64. The van der Waals surface area contributed by atoms with Crippen molar-refractivity contribution in [3.05, 3.63) is 23.2 Å². The molecule has 0 aliphatic heterocycles. The van der Waals surface area contributed by atoms with E-state index in [1.807, 2.05) is 23.6 Å². The Labute approximate surface area is 140 Å². The van der Waals surface area contributed by atoms with Crippen LogP contribution in [-0.4, -0.2) is 19.9 Å². The molecule has 2 heterocycles. The quantitative estimate of drug-likeness (QED) is 0.849. The fourth-order valence-corrected chi connectivity index (χ4v) is 3.45. The maximum atomic E-state index is 9.56. The molecule has 0 bridgehead atoms. The Morgan fingerprint density at radius 3 is 2.83 bits per heavy atom. The summed E-state index contributed by atoms with van der Waals surface area (Å²) in [6.07, 6.45) is 6.78. The molecule has 0 aromatic carbocycles. The van der Waals surface area contributed by atoms with Crippen LogP contribution < -0.4 is 5.32 Å². The van der Waals surface area contributed by atoms with E-state index in [2.05, 4.69) is 16.5 Å². The molecule has 1 fully saturated rings. The smallest absolute Gasteiger partial charge is 0.199 e. The van der Waals surface area contributed by atoms with Crippen molar-refractivity contribution in [3.63, 3.8) is 0 Å². The topological polar surface area (TPSA) is 71.7 Å². The number of nitriles is 1. The third kappa shape index (κ3) is 3.09. The molecule has 3 rings (SSSR count). The van der Waals surface area contributed by atoms with Gasteiger partial charge in [-0.05, 0) is 44.1 Å². The Morgan fingerprint density at radius 2 is 2.22 bits per heavy atom. The lowest BCUT2D eigenvalue weighted by Crippen LogP contribution is -2.46. The van der Waals surface area contributed by atoms with E-state index in [-0.39, 0.29) is 0 Å². The summed E-state index contributed by atoms with van der Waals surface area (Å²) in [6.45, 7) is 3.19. The zero-order valence-electron chi connectivity index (χ0n) is 13.3. The van der Waals surface area contributed by atoms with Crippen molar-refractivity contribution in [2.24, 2.45) is 0 Å². The molecule has 1 aliphatic carbocycles. The number of hydrogen-bond acceptors (Lipinski definition) is 5. The molecule has 122 valence electrons. The predicted molar refractivity (Wildman–Crippen MR) is 89.0 cm³/mol. The molecule has 1 aliphatic rings. The van der Waals surface area contributed by atoms with E-state index in [1.54, 1.807) is 10.9 Å². The van der Waals surface area contributed by atoms with Crippen LogP contribution in [0.15, 0.2) is 22.8 Å². The standard InChI is InChI=1S/C16H21N5OS/c1-2-20-14(13-7-6-10-22-13)19-21(15(20)23)12-18-16(11-17)8-4-3-5-9-16/h6-7,10,18H,2-5,8-9,12H2,1H3. The van der Waals surface area contributed by atoms with Gasteiger partial charge in [-0.25, -0.2) is 4.68 Å². The molecule has 6 nitrogen and oxygen atoms in total. The van der Waals surface area contributed by atoms with Crippen molar-refractivity contribution in [2.45, 2.75) is 57.8 Å². The monoisotopic (exact) mass is 331 g/mol. The molecule has 0 unspecified atom stereocenters. The highest BCUT2D eigenvalue weighted by Gasteiger charge is 2.31. The van der Waals surface area contributed by atoms with Crippen LogP contribution >= 0.6 is 12.2 Å². The summed E-state index contributed by atoms with van der Waals surface area (Å²) < 4.78 is 9.77. The number of rotatable bonds is 5. The van der Waals surface area contributed by atoms with E-state index in [1.165, 1.54) is 6.42 Å². The molecular formula is C16H21N5OS. The Balaban J connectivity index is 1.84. The Bertz CT molecular complexity index is 747. The molecule has 0 atom stereocenters. The van der Waals surface area contributed by atoms with Gasteiger partial charge >= 0.3 is 0 Å². The minimum atomic E-state index is -0.451. The first-order chi connectivity index (χ1) is 11.2. The van der Waals surface area contributed by atoms with Crippen LogP contribution in [0.4, 0.5) is 0 Å². The molecule has 0 radical (unpaired) electrons. The second kappa shape index (κ2) is 6.69. The normalized spacial score (nSPS) is 17.0. The Morgan fingerprint density at radius 1 is 1.43 bits per heavy atom. The van der Waals surface area contributed by atoms with Crippen LogP contribution in [0.3, 0.4) is 0 Å². The first kappa shape index (κ1) is 16.0. The number of nitrogens with zero attached hydrogens (tertiary/aromatic N) is 4. The second-order valence-corrected chi connectivity index (χ2v) is 6.28. The molecule has 1 saturated carbocycles. The number of aromatic nitrogens is 3. The average molecular weight is 331 g/mol. The zero-order chi connectivity index (χ0) is 16.3. The number of nitrogens with one attached hydrogen (secondary N) is 1. The van der Waals surface area contributed by atoms with Crippen molar-refractivity contribution in [1.29, 1.82) is 5.26 Å². The van der Waals surface area contributed by atoms with Crippen molar-refractivity contribution in [2.75, 3.05) is 0 Å². The average Bonchev–Trinajstić information content (AvgIpc) is 3.21. The zero-order valence-corrected chi connectivity index (χ0v) is 14.1. The van der Waals surface area contributed by atoms with Gasteiger partial charge in [0.15, 0.2) is 16.4 Å². The summed E-state index contributed by atoms with van der Waals surface area (Å²) in [5, 5.41) is 17.5. The maximum absolute atomic E-state index is 9.56. The maximum Gasteiger partial charge on any atom is 0.199 e. The van der Waals surface area contributed by atoms with Crippen LogP contribution in [0.1, 0.15) is 39.0 Å². The SMILES string of the molecule is CCn1c(-c2ccco2)nn(CNC2(C#N)CCCCC2)c1=S. The lowest BCUT2D eigenvalue weighted by atomic mass is 9.83. The van der Waals surface area contributed by atoms with E-state index in [4.69, 9.17) is 16.6 Å². The van der Waals surface area contributed by atoms with Gasteiger partial charge < -0.3 is 4.42 Å². The predicted octanol–water partition coefficient (Wildman–Crippen LogP) is 3.47. The number of hydrogen-bond donors (Lipinski definition) is 1. The van der Waals surface area contributed by atoms with E-state index >= 15 is 0 Å². The molecule has 0 amide bonds. The second-order valence-electron chi connectivity index (χ2n) is 5.92. The van der Waals surface area contributed by atoms with E-state index in [0.29, 0.717) is 17.2 Å². The number of furan rings is 1. The van der Waals surface area contributed by atoms with Gasteiger partial charge in [-0.1, -0.05) is 19.3 Å². The van der Waals surface area contributed by atoms with Gasteiger partial charge in [0.05, 0.1) is 19.0 Å². The molecule has 1 N–H and O–H groups in total. The molecule has 2 aromatic rings. The van der Waals surface area contributed by atoms with Crippen molar-refractivity contribution < 1.29 is 4.42 Å². The summed E-state index contributed by atoms with van der Waals surface area (Å²) in [6, 6.07) is 6.17. The lowest BCUT2D eigenvalue weighted by Gasteiger charge is -2.31. The summed E-state index contributed by atoms with van der Waals surface area (Å²) >= 11 is 5.52. The van der Waals surface area contributed by atoms with Crippen LogP contribution in [0, 0.1) is 16.1 Å². The van der Waals surface area contributed by atoms with Crippen molar-refractivity contribution in [1.82, 2.24) is 19.7 Å². The van der Waals surface area contributed by atoms with Crippen molar-refractivity contribution in [3.8, 4) is 17.7 Å². The van der Waals surface area contributed by atoms with Gasteiger partial charge in [0.2, 0.25) is 0 Å². The van der Waals surface area contributed by atoms with Gasteiger partial charge in [0.25, 0.3) is 0 Å². The van der Waals surface area contributed by atoms with Crippen LogP contribution in [0.2, 0.25) is 0 Å². The van der Waals surface area contributed by atoms with Crippen LogP contribution in [0.5, 0.6) is 0 Å². The first-order valence-corrected chi connectivity index (χ1v) is 8.48. The fourth-order valence-electron chi connectivity index (χ4n) is 3.13. The summed E-state index contributed by atoms with van der Waals surface area (Å²) in [4.78, 5) is 0.